The number of anilines is 1. The van der Waals surface area contributed by atoms with Crippen molar-refractivity contribution in [3.63, 3.8) is 0 Å². The van der Waals surface area contributed by atoms with Crippen molar-refractivity contribution in [3.8, 4) is 5.75 Å². The van der Waals surface area contributed by atoms with Gasteiger partial charge in [0.2, 0.25) is 5.91 Å². The van der Waals surface area contributed by atoms with E-state index in [0.717, 1.165) is 12.8 Å². The maximum absolute atomic E-state index is 12.1. The van der Waals surface area contributed by atoms with Crippen LogP contribution in [0.25, 0.3) is 0 Å². The summed E-state index contributed by atoms with van der Waals surface area (Å²) in [5, 5.41) is 0. The number of hydrogen-bond acceptors (Lipinski definition) is 4. The van der Waals surface area contributed by atoms with E-state index < -0.39 is 0 Å². The summed E-state index contributed by atoms with van der Waals surface area (Å²) in [6.07, 6.45) is 2.03. The molecule has 0 radical (unpaired) electrons. The summed E-state index contributed by atoms with van der Waals surface area (Å²) in [7, 11) is 0. The highest BCUT2D eigenvalue weighted by Gasteiger charge is 2.23. The molecule has 114 valence electrons. The van der Waals surface area contributed by atoms with Gasteiger partial charge in [-0.1, -0.05) is 6.07 Å². The van der Waals surface area contributed by atoms with Gasteiger partial charge in [-0.2, -0.15) is 0 Å². The van der Waals surface area contributed by atoms with Crippen LogP contribution >= 0.6 is 0 Å². The fourth-order valence-corrected chi connectivity index (χ4v) is 2.51. The molecular weight excluding hydrogens is 270 g/mol. The zero-order valence-corrected chi connectivity index (χ0v) is 12.0. The molecule has 0 unspecified atom stereocenters. The molecule has 21 heavy (non-hydrogen) atoms. The number of primary amides is 1. The van der Waals surface area contributed by atoms with Crippen LogP contribution in [0.4, 0.5) is 5.69 Å². The molecule has 1 aliphatic rings. The number of hydrogen-bond donors (Lipinski definition) is 2. The number of carbonyl (C=O) groups excluding carboxylic acids is 2. The van der Waals surface area contributed by atoms with Gasteiger partial charge in [-0.15, -0.1) is 0 Å². The molecule has 1 heterocycles. The predicted molar refractivity (Wildman–Crippen MR) is 79.5 cm³/mol. The number of ether oxygens (including phenoxy) is 1. The fraction of sp³-hybridized carbons (Fsp3) is 0.467. The van der Waals surface area contributed by atoms with Gasteiger partial charge in [0.1, 0.15) is 5.75 Å². The largest absolute Gasteiger partial charge is 0.484 e. The van der Waals surface area contributed by atoms with Crippen molar-refractivity contribution in [2.24, 2.45) is 11.7 Å². The third-order valence-electron chi connectivity index (χ3n) is 3.68. The number of nitrogen functional groups attached to an aromatic ring is 1. The quantitative estimate of drug-likeness (QED) is 0.782. The molecule has 1 aliphatic heterocycles. The third kappa shape index (κ3) is 4.66. The molecule has 0 aromatic heterocycles. The summed E-state index contributed by atoms with van der Waals surface area (Å²) in [6.45, 7) is 1.30. The highest BCUT2D eigenvalue weighted by Crippen LogP contribution is 2.20. The van der Waals surface area contributed by atoms with E-state index in [-0.39, 0.29) is 18.4 Å². The normalized spacial score (nSPS) is 15.7. The van der Waals surface area contributed by atoms with Gasteiger partial charge in [0, 0.05) is 31.3 Å². The minimum Gasteiger partial charge on any atom is -0.484 e. The Morgan fingerprint density at radius 1 is 1.29 bits per heavy atom. The van der Waals surface area contributed by atoms with Crippen LogP contribution in [0.5, 0.6) is 5.75 Å². The Bertz CT molecular complexity index is 511. The molecule has 1 fully saturated rings. The molecule has 2 rings (SSSR count). The highest BCUT2D eigenvalue weighted by molar-refractivity contribution is 5.78. The average Bonchev–Trinajstić information content (AvgIpc) is 2.45. The molecule has 0 bridgehead atoms. The molecule has 0 atom stereocenters. The molecule has 0 aliphatic carbocycles. The van der Waals surface area contributed by atoms with E-state index in [1.807, 2.05) is 0 Å². The molecule has 4 N–H and O–H groups in total. The van der Waals surface area contributed by atoms with Crippen molar-refractivity contribution in [1.82, 2.24) is 4.90 Å². The molecule has 0 saturated carbocycles. The molecule has 6 nitrogen and oxygen atoms in total. The van der Waals surface area contributed by atoms with Crippen LogP contribution in [0, 0.1) is 5.92 Å². The van der Waals surface area contributed by atoms with Crippen molar-refractivity contribution in [1.29, 1.82) is 0 Å². The number of likely N-dealkylation sites (tertiary alicyclic amines) is 1. The van der Waals surface area contributed by atoms with E-state index >= 15 is 0 Å². The molecule has 1 saturated heterocycles. The van der Waals surface area contributed by atoms with E-state index in [0.29, 0.717) is 36.9 Å². The van der Waals surface area contributed by atoms with Gasteiger partial charge in [0.05, 0.1) is 0 Å². The second-order valence-corrected chi connectivity index (χ2v) is 5.36. The van der Waals surface area contributed by atoms with E-state index in [2.05, 4.69) is 0 Å². The van der Waals surface area contributed by atoms with Gasteiger partial charge in [0.25, 0.3) is 5.91 Å². The van der Waals surface area contributed by atoms with Crippen molar-refractivity contribution >= 4 is 17.5 Å². The van der Waals surface area contributed by atoms with Crippen LogP contribution in [-0.4, -0.2) is 36.4 Å². The van der Waals surface area contributed by atoms with Gasteiger partial charge in [-0.25, -0.2) is 0 Å². The molecule has 0 spiro atoms. The van der Waals surface area contributed by atoms with Crippen LogP contribution in [0.15, 0.2) is 24.3 Å². The molecule has 2 amide bonds. The molecular formula is C15H21N3O3. The van der Waals surface area contributed by atoms with Crippen molar-refractivity contribution in [2.45, 2.75) is 19.3 Å². The number of nitrogens with zero attached hydrogens (tertiary/aromatic N) is 1. The van der Waals surface area contributed by atoms with Crippen molar-refractivity contribution in [2.75, 3.05) is 25.4 Å². The first-order valence-electron chi connectivity index (χ1n) is 7.09. The van der Waals surface area contributed by atoms with Crippen LogP contribution in [0.2, 0.25) is 0 Å². The SMILES string of the molecule is NC(=O)CC1CCN(C(=O)COc2cccc(N)c2)CC1. The Labute approximate surface area is 124 Å². The van der Waals surface area contributed by atoms with E-state index in [4.69, 9.17) is 16.2 Å². The smallest absolute Gasteiger partial charge is 0.260 e. The topological polar surface area (TPSA) is 98.7 Å². The maximum atomic E-state index is 12.1. The minimum absolute atomic E-state index is 0.00391. The Hall–Kier alpha value is -2.24. The van der Waals surface area contributed by atoms with Gasteiger partial charge in [-0.3, -0.25) is 9.59 Å². The summed E-state index contributed by atoms with van der Waals surface area (Å²) in [5.41, 5.74) is 11.4. The standard InChI is InChI=1S/C15H21N3O3/c16-12-2-1-3-13(9-12)21-10-15(20)18-6-4-11(5-7-18)8-14(17)19/h1-3,9,11H,4-8,10,16H2,(H2,17,19). The lowest BCUT2D eigenvalue weighted by molar-refractivity contribution is -0.134. The lowest BCUT2D eigenvalue weighted by Crippen LogP contribution is -2.41. The number of piperidine rings is 1. The second-order valence-electron chi connectivity index (χ2n) is 5.36. The summed E-state index contributed by atoms with van der Waals surface area (Å²) >= 11 is 0. The summed E-state index contributed by atoms with van der Waals surface area (Å²) in [4.78, 5) is 24.7. The zero-order valence-electron chi connectivity index (χ0n) is 12.0. The average molecular weight is 291 g/mol. The maximum Gasteiger partial charge on any atom is 0.260 e. The first-order valence-corrected chi connectivity index (χ1v) is 7.09. The summed E-state index contributed by atoms with van der Waals surface area (Å²) in [6, 6.07) is 7.00. The van der Waals surface area contributed by atoms with Crippen LogP contribution in [0.3, 0.4) is 0 Å². The van der Waals surface area contributed by atoms with Crippen LogP contribution in [0.1, 0.15) is 19.3 Å². The van der Waals surface area contributed by atoms with E-state index in [9.17, 15) is 9.59 Å². The van der Waals surface area contributed by atoms with Gasteiger partial charge >= 0.3 is 0 Å². The first-order chi connectivity index (χ1) is 10.0. The third-order valence-corrected chi connectivity index (χ3v) is 3.68. The minimum atomic E-state index is -0.273. The predicted octanol–water partition coefficient (Wildman–Crippen LogP) is 0.762. The summed E-state index contributed by atoms with van der Waals surface area (Å²) < 4.78 is 5.45. The van der Waals surface area contributed by atoms with Crippen LogP contribution < -0.4 is 16.2 Å². The molecule has 1 aromatic carbocycles. The number of benzene rings is 1. The Morgan fingerprint density at radius 2 is 2.00 bits per heavy atom. The number of rotatable bonds is 5. The molecule has 1 aromatic rings. The number of nitrogens with two attached hydrogens (primary N) is 2. The summed E-state index contributed by atoms with van der Waals surface area (Å²) in [5.74, 6) is 0.563. The first kappa shape index (κ1) is 15.2. The highest BCUT2D eigenvalue weighted by atomic mass is 16.5. The van der Waals surface area contributed by atoms with Crippen molar-refractivity contribution < 1.29 is 14.3 Å². The number of carbonyl (C=O) groups is 2. The van der Waals surface area contributed by atoms with Gasteiger partial charge < -0.3 is 21.1 Å². The monoisotopic (exact) mass is 291 g/mol. The van der Waals surface area contributed by atoms with Crippen LogP contribution in [-0.2, 0) is 9.59 Å². The zero-order chi connectivity index (χ0) is 15.2. The Balaban J connectivity index is 1.76. The number of amides is 2. The lowest BCUT2D eigenvalue weighted by atomic mass is 9.93. The van der Waals surface area contributed by atoms with Gasteiger partial charge in [-0.05, 0) is 30.9 Å². The second kappa shape index (κ2) is 6.97. The van der Waals surface area contributed by atoms with Gasteiger partial charge in [0.15, 0.2) is 6.61 Å². The Kier molecular flexibility index (Phi) is 5.03. The fourth-order valence-electron chi connectivity index (χ4n) is 2.51. The van der Waals surface area contributed by atoms with E-state index in [1.165, 1.54) is 0 Å². The van der Waals surface area contributed by atoms with Crippen molar-refractivity contribution in [3.05, 3.63) is 24.3 Å². The molecule has 6 heteroatoms. The Morgan fingerprint density at radius 3 is 2.62 bits per heavy atom. The lowest BCUT2D eigenvalue weighted by Gasteiger charge is -2.31. The van der Waals surface area contributed by atoms with E-state index in [1.54, 1.807) is 29.2 Å².